The molecule has 1 atom stereocenters. The quantitative estimate of drug-likeness (QED) is 0.0120. The molecule has 6 aromatic rings. The summed E-state index contributed by atoms with van der Waals surface area (Å²) in [4.78, 5) is 10.8. The van der Waals surface area contributed by atoms with E-state index >= 15 is 0 Å². The van der Waals surface area contributed by atoms with Gasteiger partial charge in [-0.25, -0.2) is 0 Å². The van der Waals surface area contributed by atoms with Crippen LogP contribution < -0.4 is 57.3 Å². The van der Waals surface area contributed by atoms with Crippen LogP contribution in [0, 0.1) is 13.8 Å². The van der Waals surface area contributed by atoms with Crippen LogP contribution in [0.3, 0.4) is 0 Å². The van der Waals surface area contributed by atoms with Gasteiger partial charge in [0.1, 0.15) is 13.1 Å². The van der Waals surface area contributed by atoms with Crippen molar-refractivity contribution in [1.29, 1.82) is 0 Å². The first-order valence-electron chi connectivity index (χ1n) is 43.4. The Bertz CT molecular complexity index is 4030. The molecule has 0 spiro atoms. The molecular formula is C89H139B6Br5Cl11N7O12+2. The van der Waals surface area contributed by atoms with Gasteiger partial charge < -0.3 is 91.5 Å². The summed E-state index contributed by atoms with van der Waals surface area (Å²) < 4.78 is 39.4. The molecule has 3 heterocycles. The lowest BCUT2D eigenvalue weighted by Gasteiger charge is -2.35. The number of anilines is 5. The first kappa shape index (κ1) is 126. The van der Waals surface area contributed by atoms with Gasteiger partial charge in [0.15, 0.2) is 0 Å². The number of benzene rings is 6. The van der Waals surface area contributed by atoms with E-state index in [2.05, 4.69) is 246 Å². The average molecular weight is 2350 g/mol. The summed E-state index contributed by atoms with van der Waals surface area (Å²) in [5.41, 5.74) is 12.5. The molecule has 730 valence electrons. The van der Waals surface area contributed by atoms with E-state index in [1.54, 1.807) is 24.3 Å². The van der Waals surface area contributed by atoms with Crippen LogP contribution in [0.2, 0.25) is 0 Å². The highest BCUT2D eigenvalue weighted by Crippen LogP contribution is 2.40. The number of alkyl halides is 13. The predicted octanol–water partition coefficient (Wildman–Crippen LogP) is 16.3. The molecule has 3 aliphatic heterocycles. The van der Waals surface area contributed by atoms with E-state index in [-0.39, 0.29) is 88.9 Å². The molecule has 130 heavy (non-hydrogen) atoms. The Balaban J connectivity index is 0.000000531. The number of aryl methyl sites for hydroxylation is 2. The molecule has 0 aromatic heterocycles. The zero-order valence-electron chi connectivity index (χ0n) is 78.6. The smallest absolute Gasteiger partial charge is 0.423 e. The maximum atomic E-state index is 9.84. The lowest BCUT2D eigenvalue weighted by Crippen LogP contribution is -2.48. The van der Waals surface area contributed by atoms with Gasteiger partial charge in [-0.1, -0.05) is 93.4 Å². The van der Waals surface area contributed by atoms with Crippen LogP contribution in [0.25, 0.3) is 0 Å². The van der Waals surface area contributed by atoms with E-state index in [9.17, 15) is 10.0 Å². The zero-order chi connectivity index (χ0) is 96.2. The number of hydrogen-bond donors (Lipinski definition) is 6. The van der Waals surface area contributed by atoms with E-state index in [0.29, 0.717) is 81.1 Å². The Kier molecular flexibility index (Phi) is 59.6. The number of hydrogen-bond acceptors (Lipinski definition) is 17. The Morgan fingerprint density at radius 1 is 0.354 bits per heavy atom. The second-order valence-electron chi connectivity index (χ2n) is 35.2. The molecule has 3 fully saturated rings. The van der Waals surface area contributed by atoms with Gasteiger partial charge in [-0.15, -0.1) is 162 Å². The monoisotopic (exact) mass is 2340 g/mol. The number of nitrogens with zero attached hydrogens (tertiary/aromatic N) is 7. The zero-order valence-corrected chi connectivity index (χ0v) is 95.1. The van der Waals surface area contributed by atoms with Crippen molar-refractivity contribution < 1.29 is 67.0 Å². The van der Waals surface area contributed by atoms with Crippen LogP contribution in [0.15, 0.2) is 126 Å². The minimum atomic E-state index is -1.48. The molecule has 0 bridgehead atoms. The van der Waals surface area contributed by atoms with Crippen molar-refractivity contribution in [2.24, 2.45) is 0 Å². The fraction of sp³-hybridized carbons (Fsp3) is 0.596. The summed E-state index contributed by atoms with van der Waals surface area (Å²) >= 11 is 75.3. The first-order valence-corrected chi connectivity index (χ1v) is 52.3. The summed E-state index contributed by atoms with van der Waals surface area (Å²) in [6.45, 7) is 44.1. The van der Waals surface area contributed by atoms with Crippen LogP contribution in [-0.2, 0) is 41.0 Å². The van der Waals surface area contributed by atoms with Crippen molar-refractivity contribution >= 4 is 313 Å². The van der Waals surface area contributed by atoms with Crippen LogP contribution in [-0.4, -0.2) is 296 Å². The Morgan fingerprint density at radius 2 is 0.669 bits per heavy atom. The van der Waals surface area contributed by atoms with E-state index < -0.39 is 21.4 Å². The molecule has 0 amide bonds. The maximum absolute atomic E-state index is 9.84. The van der Waals surface area contributed by atoms with Gasteiger partial charge in [0.05, 0.1) is 97.2 Å². The van der Waals surface area contributed by atoms with Crippen molar-refractivity contribution in [3.05, 3.63) is 148 Å². The third-order valence-corrected chi connectivity index (χ3v) is 27.2. The molecule has 3 aliphatic rings. The number of halogens is 16. The van der Waals surface area contributed by atoms with E-state index in [0.717, 1.165) is 197 Å². The lowest BCUT2D eigenvalue weighted by molar-refractivity contribution is -0.920. The van der Waals surface area contributed by atoms with Crippen molar-refractivity contribution in [3.63, 3.8) is 0 Å². The predicted molar refractivity (Wildman–Crippen MR) is 589 cm³/mol. The summed E-state index contributed by atoms with van der Waals surface area (Å²) in [6.07, 6.45) is 1.05. The van der Waals surface area contributed by atoms with E-state index in [1.165, 1.54) is 5.69 Å². The van der Waals surface area contributed by atoms with Crippen molar-refractivity contribution in [3.8, 4) is 0 Å². The lowest BCUT2D eigenvalue weighted by atomic mass is 9.76. The Hall–Kier alpha value is -0.260. The van der Waals surface area contributed by atoms with Crippen LogP contribution in [0.4, 0.5) is 28.4 Å². The summed E-state index contributed by atoms with van der Waals surface area (Å²) in [5.74, 6) is 6.25. The largest absolute Gasteiger partial charge is 0.495 e. The number of quaternary nitrogens is 2. The Labute approximate surface area is 882 Å². The maximum Gasteiger partial charge on any atom is 0.495 e. The molecule has 3 saturated heterocycles. The normalized spacial score (nSPS) is 15.7. The summed E-state index contributed by atoms with van der Waals surface area (Å²) in [7, 11) is -0.992. The fourth-order valence-electron chi connectivity index (χ4n) is 14.3. The van der Waals surface area contributed by atoms with Gasteiger partial charge in [0, 0.05) is 161 Å². The van der Waals surface area contributed by atoms with Gasteiger partial charge in [-0.05, 0) is 230 Å². The van der Waals surface area contributed by atoms with Crippen LogP contribution in [0.5, 0.6) is 0 Å². The molecule has 41 heteroatoms. The molecule has 0 aliphatic carbocycles. The van der Waals surface area contributed by atoms with Crippen molar-refractivity contribution in [2.75, 3.05) is 206 Å². The van der Waals surface area contributed by atoms with Gasteiger partial charge in [0.25, 0.3) is 0 Å². The molecule has 1 unspecified atom stereocenters. The second-order valence-corrected chi connectivity index (χ2v) is 41.8. The van der Waals surface area contributed by atoms with Gasteiger partial charge in [0.2, 0.25) is 0 Å². The third-order valence-electron chi connectivity index (χ3n) is 24.0. The van der Waals surface area contributed by atoms with Gasteiger partial charge in [-0.3, -0.25) is 0 Å². The van der Waals surface area contributed by atoms with Crippen molar-refractivity contribution in [2.45, 2.75) is 157 Å². The minimum absolute atomic E-state index is 0. The minimum Gasteiger partial charge on any atom is -0.423 e. The van der Waals surface area contributed by atoms with Gasteiger partial charge in [-0.2, -0.15) is 0 Å². The molecule has 6 aromatic carbocycles. The molecule has 9 rings (SSSR count). The van der Waals surface area contributed by atoms with Gasteiger partial charge >= 0.3 is 42.7 Å². The SMILES string of the molecule is Br.Br.CC1(C)OB(c2ccc(N(CCCl)CCBr)cc2)OC1(C)C.CCC[N+](C)(CCCl)Cc1cc(C[N+](C)(CCCl)CCCl)ccc1B(O)O.Cc1cc(N(CCCl)CCCl)c(Br)cc1B1OC(C)(C)C(C)(C)O1.Cc1cc(N(CCCl)CCCl)ccc1B1OC(C)(C)C(C)(C)O1.OB(O)c1ccc(N(CCCl)CCBr)cc1.OB(O)c1ccc(N(CCCl)CCCl)cc1. The Morgan fingerprint density at radius 3 is 1.00 bits per heavy atom. The highest BCUT2D eigenvalue weighted by Gasteiger charge is 2.54. The van der Waals surface area contributed by atoms with E-state index in [1.807, 2.05) is 41.3 Å². The molecular weight excluding hydrogens is 2210 g/mol. The van der Waals surface area contributed by atoms with E-state index in [4.69, 9.17) is 176 Å². The standard InChI is InChI=1S/C19H34BCl3N2O2.C17H25BBrCl2NO2.C17H26BCl2NO2.C16H24BBrClNO2.C10H14BBrClNO2.C10H14BCl2NO2.2BrH/c1-4-10-24(2,11-7-21)16-18-14-17(5-6-19(18)20(26)27)15-25(3,12-8-22)13-9-23;1-12-10-15(22(8-6-20)9-7-21)14(19)11-13(12)18-23-16(2,3)17(4,5)24-18;1-13-12-14(21(10-8-19)11-9-20)6-7-15(13)18-22-16(2,3)17(4,5)23-18;1-15(2)16(3,4)22-17(21-15)13-5-7-14(8-6-13)20(11-9-18)12-10-19;2*12-5-7-14(8-6-13)10-3-1-9(2-4-10)11(15)16;;/h5-6,14,26-27H,4,7-13,15-16H2,1-3H3;10-11H,6-9H2,1-5H3;6-7,12H,8-11H2,1-5H3;5-8H,9-12H2,1-4H3;2*1-4,15-16H,5-8H2;2*1H/q+2;;;;;;;. The van der Waals surface area contributed by atoms with Crippen LogP contribution >= 0.6 is 209 Å². The highest BCUT2D eigenvalue weighted by molar-refractivity contribution is 9.10. The first-order chi connectivity index (χ1) is 60.2. The van der Waals surface area contributed by atoms with Crippen molar-refractivity contribution in [1.82, 2.24) is 0 Å². The van der Waals surface area contributed by atoms with Crippen LogP contribution in [0.1, 0.15) is 119 Å². The number of rotatable bonds is 43. The fourth-order valence-corrected chi connectivity index (χ4v) is 18.6. The second kappa shape index (κ2) is 61.6. The molecule has 0 radical (unpaired) electrons. The topological polar surface area (TPSA) is 193 Å². The third kappa shape index (κ3) is 39.2. The molecule has 19 nitrogen and oxygen atoms in total. The summed E-state index contributed by atoms with van der Waals surface area (Å²) in [5, 5.41) is 57.3. The average Bonchev–Trinajstić information content (AvgIpc) is 1.63. The summed E-state index contributed by atoms with van der Waals surface area (Å²) in [6, 6.07) is 39.0. The highest BCUT2D eigenvalue weighted by atomic mass is 79.9. The molecule has 6 N–H and O–H groups in total. The molecule has 0 saturated carbocycles.